The highest BCUT2D eigenvalue weighted by atomic mass is 127. The zero-order chi connectivity index (χ0) is 20.2. The lowest BCUT2D eigenvalue weighted by Crippen LogP contribution is -2.37. The quantitative estimate of drug-likeness (QED) is 0.280. The number of halogens is 1. The minimum atomic E-state index is 0. The fourth-order valence-corrected chi connectivity index (χ4v) is 3.30. The van der Waals surface area contributed by atoms with Crippen LogP contribution >= 0.6 is 24.0 Å². The van der Waals surface area contributed by atoms with Crippen LogP contribution in [0.15, 0.2) is 23.2 Å². The number of nitrogens with one attached hydrogen (secondary N) is 2. The molecule has 1 aromatic rings. The summed E-state index contributed by atoms with van der Waals surface area (Å²) < 4.78 is 16.2. The van der Waals surface area contributed by atoms with E-state index in [1.54, 1.807) is 14.2 Å². The van der Waals surface area contributed by atoms with Crippen LogP contribution in [0.3, 0.4) is 0 Å². The molecule has 166 valence electrons. The number of aliphatic imine (C=N–C) groups is 1. The summed E-state index contributed by atoms with van der Waals surface area (Å²) >= 11 is 0. The number of nitrogens with zero attached hydrogens (tertiary/aromatic N) is 2. The number of benzene rings is 1. The molecule has 2 rings (SSSR count). The van der Waals surface area contributed by atoms with Crippen LogP contribution in [-0.4, -0.2) is 71.0 Å². The number of ether oxygens (including phenoxy) is 3. The molecule has 0 atom stereocenters. The van der Waals surface area contributed by atoms with Crippen molar-refractivity contribution >= 4 is 35.6 Å². The van der Waals surface area contributed by atoms with Gasteiger partial charge in [0.1, 0.15) is 0 Å². The van der Waals surface area contributed by atoms with Crippen molar-refractivity contribution in [3.05, 3.63) is 18.2 Å². The van der Waals surface area contributed by atoms with E-state index in [0.717, 1.165) is 56.7 Å². The molecule has 0 aromatic heterocycles. The summed E-state index contributed by atoms with van der Waals surface area (Å²) in [7, 11) is 3.41. The van der Waals surface area contributed by atoms with Crippen LogP contribution in [0, 0.1) is 5.92 Å². The molecular formula is C21H37IN4O3. The first kappa shape index (κ1) is 25.8. The highest BCUT2D eigenvalue weighted by Gasteiger charge is 2.18. The van der Waals surface area contributed by atoms with E-state index in [9.17, 15) is 0 Å². The molecule has 0 unspecified atom stereocenters. The largest absolute Gasteiger partial charge is 0.493 e. The Kier molecular flexibility index (Phi) is 13.0. The van der Waals surface area contributed by atoms with Crippen molar-refractivity contribution in [1.29, 1.82) is 0 Å². The molecule has 1 heterocycles. The lowest BCUT2D eigenvalue weighted by molar-refractivity contribution is 0.121. The number of hydrogen-bond donors (Lipinski definition) is 2. The topological polar surface area (TPSA) is 67.4 Å². The Morgan fingerprint density at radius 3 is 2.55 bits per heavy atom. The molecule has 1 saturated heterocycles. The number of rotatable bonds is 10. The van der Waals surface area contributed by atoms with Crippen molar-refractivity contribution in [1.82, 2.24) is 10.2 Å². The molecule has 2 N–H and O–H groups in total. The number of hydrogen-bond acceptors (Lipinski definition) is 5. The zero-order valence-electron chi connectivity index (χ0n) is 18.2. The van der Waals surface area contributed by atoms with Gasteiger partial charge in [-0.3, -0.25) is 4.99 Å². The Balaban J connectivity index is 0.00000420. The predicted molar refractivity (Wildman–Crippen MR) is 130 cm³/mol. The van der Waals surface area contributed by atoms with E-state index in [1.165, 1.54) is 12.8 Å². The number of likely N-dealkylation sites (tertiary alicyclic amines) is 1. The second-order valence-corrected chi connectivity index (χ2v) is 6.92. The Hall–Kier alpha value is -1.26. The Labute approximate surface area is 192 Å². The number of guanidine groups is 1. The van der Waals surface area contributed by atoms with E-state index in [2.05, 4.69) is 22.5 Å². The van der Waals surface area contributed by atoms with Crippen molar-refractivity contribution in [3.8, 4) is 11.5 Å². The van der Waals surface area contributed by atoms with Crippen molar-refractivity contribution in [2.24, 2.45) is 10.9 Å². The molecule has 1 aliphatic heterocycles. The molecule has 0 spiro atoms. The van der Waals surface area contributed by atoms with Gasteiger partial charge in [0.05, 0.1) is 20.3 Å². The maximum atomic E-state index is 5.58. The average Bonchev–Trinajstić information content (AvgIpc) is 2.72. The maximum Gasteiger partial charge on any atom is 0.195 e. The van der Waals surface area contributed by atoms with E-state index in [4.69, 9.17) is 19.2 Å². The lowest BCUT2D eigenvalue weighted by Gasteiger charge is -2.31. The Bertz CT molecular complexity index is 608. The summed E-state index contributed by atoms with van der Waals surface area (Å²) in [5, 5.41) is 6.70. The molecule has 0 amide bonds. The molecule has 7 nitrogen and oxygen atoms in total. The SMILES string of the molecule is CCNC(=NCC1CCN(CCOC)CC1)Nc1ccc(OCC)c(OC)c1.I. The lowest BCUT2D eigenvalue weighted by atomic mass is 9.97. The van der Waals surface area contributed by atoms with Gasteiger partial charge in [0.2, 0.25) is 0 Å². The summed E-state index contributed by atoms with van der Waals surface area (Å²) in [6.45, 7) is 10.4. The van der Waals surface area contributed by atoms with E-state index in [0.29, 0.717) is 18.3 Å². The van der Waals surface area contributed by atoms with Gasteiger partial charge in [-0.1, -0.05) is 0 Å². The molecule has 0 aliphatic carbocycles. The summed E-state index contributed by atoms with van der Waals surface area (Å²) in [5.41, 5.74) is 0.925. The summed E-state index contributed by atoms with van der Waals surface area (Å²) in [6, 6.07) is 5.84. The number of anilines is 1. The third-order valence-electron chi connectivity index (χ3n) is 4.90. The molecule has 1 fully saturated rings. The van der Waals surface area contributed by atoms with Gasteiger partial charge in [0.15, 0.2) is 17.5 Å². The molecule has 8 heteroatoms. The third kappa shape index (κ3) is 8.96. The van der Waals surface area contributed by atoms with E-state index >= 15 is 0 Å². The van der Waals surface area contributed by atoms with Crippen LogP contribution in [0.1, 0.15) is 26.7 Å². The molecule has 1 aromatic carbocycles. The van der Waals surface area contributed by atoms with Gasteiger partial charge in [0.25, 0.3) is 0 Å². The standard InChI is InChI=1S/C21H36N4O3.HI/c1-5-22-21(23-16-17-9-11-25(12-10-17)13-14-26-3)24-18-7-8-19(28-6-2)20(15-18)27-4;/h7-8,15,17H,5-6,9-14,16H2,1-4H3,(H2,22,23,24);1H. The van der Waals surface area contributed by atoms with Gasteiger partial charge in [-0.2, -0.15) is 0 Å². The Morgan fingerprint density at radius 2 is 1.93 bits per heavy atom. The van der Waals surface area contributed by atoms with Gasteiger partial charge in [-0.15, -0.1) is 24.0 Å². The fraction of sp³-hybridized carbons (Fsp3) is 0.667. The smallest absolute Gasteiger partial charge is 0.195 e. The normalized spacial score (nSPS) is 15.5. The first-order chi connectivity index (χ1) is 13.7. The van der Waals surface area contributed by atoms with Crippen LogP contribution in [-0.2, 0) is 4.74 Å². The number of methoxy groups -OCH3 is 2. The van der Waals surface area contributed by atoms with Crippen LogP contribution in [0.2, 0.25) is 0 Å². The molecule has 0 bridgehead atoms. The summed E-state index contributed by atoms with van der Waals surface area (Å²) in [5.74, 6) is 2.89. The molecule has 0 saturated carbocycles. The Morgan fingerprint density at radius 1 is 1.17 bits per heavy atom. The fourth-order valence-electron chi connectivity index (χ4n) is 3.30. The van der Waals surface area contributed by atoms with Crippen LogP contribution in [0.25, 0.3) is 0 Å². The first-order valence-corrected chi connectivity index (χ1v) is 10.3. The third-order valence-corrected chi connectivity index (χ3v) is 4.90. The second kappa shape index (κ2) is 14.7. The van der Waals surface area contributed by atoms with E-state index in [-0.39, 0.29) is 24.0 Å². The summed E-state index contributed by atoms with van der Waals surface area (Å²) in [4.78, 5) is 7.28. The minimum absolute atomic E-state index is 0. The van der Waals surface area contributed by atoms with E-state index < -0.39 is 0 Å². The van der Waals surface area contributed by atoms with Crippen molar-refractivity contribution in [2.75, 3.05) is 65.5 Å². The van der Waals surface area contributed by atoms with Crippen LogP contribution in [0.5, 0.6) is 11.5 Å². The first-order valence-electron chi connectivity index (χ1n) is 10.3. The van der Waals surface area contributed by atoms with Gasteiger partial charge in [-0.05, 0) is 57.8 Å². The van der Waals surface area contributed by atoms with Crippen molar-refractivity contribution in [2.45, 2.75) is 26.7 Å². The van der Waals surface area contributed by atoms with E-state index in [1.807, 2.05) is 25.1 Å². The van der Waals surface area contributed by atoms with Crippen LogP contribution in [0.4, 0.5) is 5.69 Å². The van der Waals surface area contributed by atoms with Crippen LogP contribution < -0.4 is 20.1 Å². The highest BCUT2D eigenvalue weighted by Crippen LogP contribution is 2.30. The second-order valence-electron chi connectivity index (χ2n) is 6.92. The summed E-state index contributed by atoms with van der Waals surface area (Å²) in [6.07, 6.45) is 2.37. The van der Waals surface area contributed by atoms with Crippen molar-refractivity contribution in [3.63, 3.8) is 0 Å². The van der Waals surface area contributed by atoms with Gasteiger partial charge in [0, 0.05) is 38.5 Å². The maximum absolute atomic E-state index is 5.58. The minimum Gasteiger partial charge on any atom is -0.493 e. The molecule has 0 radical (unpaired) electrons. The zero-order valence-corrected chi connectivity index (χ0v) is 20.5. The molecular weight excluding hydrogens is 483 g/mol. The van der Waals surface area contributed by atoms with Crippen molar-refractivity contribution < 1.29 is 14.2 Å². The highest BCUT2D eigenvalue weighted by molar-refractivity contribution is 14.0. The van der Waals surface area contributed by atoms with Gasteiger partial charge >= 0.3 is 0 Å². The number of piperidine rings is 1. The monoisotopic (exact) mass is 520 g/mol. The predicted octanol–water partition coefficient (Wildman–Crippen LogP) is 3.45. The average molecular weight is 520 g/mol. The molecule has 29 heavy (non-hydrogen) atoms. The van der Waals surface area contributed by atoms with Gasteiger partial charge in [-0.25, -0.2) is 0 Å². The van der Waals surface area contributed by atoms with Gasteiger partial charge < -0.3 is 29.7 Å². The molecule has 1 aliphatic rings.